The molecule has 1 N–H and O–H groups in total. The van der Waals surface area contributed by atoms with Crippen molar-refractivity contribution >= 4 is 17.5 Å². The standard InChI is InChI=1S/C9H13N3OS/c1-4-14-9-7(3)10-5-8(11-9)6(2)12-13/h5,13H,4H2,1-3H3/b12-6+. The third-order valence-electron chi connectivity index (χ3n) is 1.71. The third-order valence-corrected chi connectivity index (χ3v) is 2.66. The Morgan fingerprint density at radius 2 is 2.36 bits per heavy atom. The predicted octanol–water partition coefficient (Wildman–Crippen LogP) is 2.10. The fraction of sp³-hybridized carbons (Fsp3) is 0.444. The first kappa shape index (κ1) is 11.0. The molecule has 0 unspecified atom stereocenters. The molecule has 0 radical (unpaired) electrons. The van der Waals surface area contributed by atoms with Crippen LogP contribution < -0.4 is 0 Å². The molecule has 0 atom stereocenters. The van der Waals surface area contributed by atoms with Gasteiger partial charge in [0.25, 0.3) is 0 Å². The molecule has 0 bridgehead atoms. The normalized spacial score (nSPS) is 11.8. The molecular formula is C9H13N3OS. The van der Waals surface area contributed by atoms with Gasteiger partial charge in [-0.25, -0.2) is 4.98 Å². The molecule has 0 fully saturated rings. The summed E-state index contributed by atoms with van der Waals surface area (Å²) in [6.07, 6.45) is 1.62. The van der Waals surface area contributed by atoms with Gasteiger partial charge in [-0.05, 0) is 19.6 Å². The van der Waals surface area contributed by atoms with E-state index in [0.29, 0.717) is 11.4 Å². The van der Waals surface area contributed by atoms with E-state index in [4.69, 9.17) is 5.21 Å². The Morgan fingerprint density at radius 1 is 1.64 bits per heavy atom. The number of hydrogen-bond donors (Lipinski definition) is 1. The fourth-order valence-electron chi connectivity index (χ4n) is 0.931. The van der Waals surface area contributed by atoms with Crippen LogP contribution >= 0.6 is 11.8 Å². The highest BCUT2D eigenvalue weighted by Crippen LogP contribution is 2.17. The molecule has 0 aliphatic carbocycles. The summed E-state index contributed by atoms with van der Waals surface area (Å²) in [5.41, 5.74) is 2.01. The highest BCUT2D eigenvalue weighted by Gasteiger charge is 2.05. The van der Waals surface area contributed by atoms with Crippen molar-refractivity contribution in [2.45, 2.75) is 25.8 Å². The van der Waals surface area contributed by atoms with Gasteiger partial charge in [0.2, 0.25) is 0 Å². The fourth-order valence-corrected chi connectivity index (χ4v) is 1.63. The molecule has 0 amide bonds. The van der Waals surface area contributed by atoms with Crippen molar-refractivity contribution in [3.63, 3.8) is 0 Å². The Labute approximate surface area is 87.5 Å². The smallest absolute Gasteiger partial charge is 0.118 e. The topological polar surface area (TPSA) is 58.4 Å². The van der Waals surface area contributed by atoms with Crippen LogP contribution in [0.5, 0.6) is 0 Å². The van der Waals surface area contributed by atoms with E-state index in [9.17, 15) is 0 Å². The summed E-state index contributed by atoms with van der Waals surface area (Å²) in [7, 11) is 0. The SMILES string of the molecule is CCSc1nc(/C(C)=N/O)cnc1C. The number of aromatic nitrogens is 2. The first-order valence-corrected chi connectivity index (χ1v) is 5.33. The lowest BCUT2D eigenvalue weighted by Crippen LogP contribution is -2.02. The molecule has 1 rings (SSSR count). The lowest BCUT2D eigenvalue weighted by atomic mass is 10.3. The summed E-state index contributed by atoms with van der Waals surface area (Å²) >= 11 is 1.63. The van der Waals surface area contributed by atoms with Crippen LogP contribution in [0.2, 0.25) is 0 Å². The summed E-state index contributed by atoms with van der Waals surface area (Å²) in [4.78, 5) is 8.53. The second kappa shape index (κ2) is 4.95. The van der Waals surface area contributed by atoms with Gasteiger partial charge in [-0.15, -0.1) is 11.8 Å². The van der Waals surface area contributed by atoms with Crippen molar-refractivity contribution in [2.24, 2.45) is 5.16 Å². The first-order chi connectivity index (χ1) is 6.69. The van der Waals surface area contributed by atoms with Crippen LogP contribution in [0, 0.1) is 6.92 Å². The van der Waals surface area contributed by atoms with Gasteiger partial charge in [0.1, 0.15) is 16.4 Å². The molecule has 0 aliphatic heterocycles. The van der Waals surface area contributed by atoms with Crippen molar-refractivity contribution in [1.29, 1.82) is 0 Å². The Balaban J connectivity index is 3.06. The molecule has 4 nitrogen and oxygen atoms in total. The minimum absolute atomic E-state index is 0.482. The maximum atomic E-state index is 8.59. The Bertz CT molecular complexity index is 352. The molecular weight excluding hydrogens is 198 g/mol. The van der Waals surface area contributed by atoms with Gasteiger partial charge in [-0.3, -0.25) is 4.98 Å². The molecule has 14 heavy (non-hydrogen) atoms. The van der Waals surface area contributed by atoms with E-state index in [2.05, 4.69) is 22.0 Å². The van der Waals surface area contributed by atoms with Gasteiger partial charge in [0.15, 0.2) is 0 Å². The maximum Gasteiger partial charge on any atom is 0.118 e. The second-order valence-electron chi connectivity index (χ2n) is 2.76. The molecule has 1 aromatic rings. The number of hydrogen-bond acceptors (Lipinski definition) is 5. The summed E-state index contributed by atoms with van der Waals surface area (Å²) in [6.45, 7) is 5.67. The number of rotatable bonds is 3. The highest BCUT2D eigenvalue weighted by atomic mass is 32.2. The summed E-state index contributed by atoms with van der Waals surface area (Å²) in [5.74, 6) is 0.953. The van der Waals surface area contributed by atoms with E-state index < -0.39 is 0 Å². The van der Waals surface area contributed by atoms with Crippen molar-refractivity contribution in [3.8, 4) is 0 Å². The average molecular weight is 211 g/mol. The molecule has 1 heterocycles. The van der Waals surface area contributed by atoms with E-state index in [-0.39, 0.29) is 0 Å². The van der Waals surface area contributed by atoms with Crippen LogP contribution in [0.3, 0.4) is 0 Å². The number of nitrogens with zero attached hydrogens (tertiary/aromatic N) is 3. The summed E-state index contributed by atoms with van der Waals surface area (Å²) in [6, 6.07) is 0. The lowest BCUT2D eigenvalue weighted by molar-refractivity contribution is 0.319. The van der Waals surface area contributed by atoms with E-state index in [1.54, 1.807) is 24.9 Å². The van der Waals surface area contributed by atoms with Gasteiger partial charge < -0.3 is 5.21 Å². The minimum atomic E-state index is 0.482. The number of oxime groups is 1. The molecule has 1 aromatic heterocycles. The lowest BCUT2D eigenvalue weighted by Gasteiger charge is -2.04. The molecule has 5 heteroatoms. The van der Waals surface area contributed by atoms with Crippen molar-refractivity contribution < 1.29 is 5.21 Å². The predicted molar refractivity (Wildman–Crippen MR) is 57.2 cm³/mol. The zero-order valence-electron chi connectivity index (χ0n) is 8.48. The van der Waals surface area contributed by atoms with Crippen molar-refractivity contribution in [2.75, 3.05) is 5.75 Å². The van der Waals surface area contributed by atoms with Gasteiger partial charge >= 0.3 is 0 Å². The van der Waals surface area contributed by atoms with Crippen LogP contribution in [-0.4, -0.2) is 26.6 Å². The van der Waals surface area contributed by atoms with Crippen molar-refractivity contribution in [3.05, 3.63) is 17.6 Å². The Kier molecular flexibility index (Phi) is 3.88. The summed E-state index contributed by atoms with van der Waals surface area (Å²) in [5, 5.41) is 12.6. The maximum absolute atomic E-state index is 8.59. The van der Waals surface area contributed by atoms with E-state index >= 15 is 0 Å². The van der Waals surface area contributed by atoms with Crippen LogP contribution in [0.15, 0.2) is 16.4 Å². The van der Waals surface area contributed by atoms with E-state index in [0.717, 1.165) is 16.5 Å². The Morgan fingerprint density at radius 3 is 2.93 bits per heavy atom. The Hall–Kier alpha value is -1.10. The molecule has 0 aliphatic rings. The minimum Gasteiger partial charge on any atom is -0.411 e. The monoisotopic (exact) mass is 211 g/mol. The van der Waals surface area contributed by atoms with Gasteiger partial charge in [-0.1, -0.05) is 12.1 Å². The molecule has 0 saturated heterocycles. The van der Waals surface area contributed by atoms with Gasteiger partial charge in [-0.2, -0.15) is 0 Å². The van der Waals surface area contributed by atoms with Crippen molar-refractivity contribution in [1.82, 2.24) is 9.97 Å². The van der Waals surface area contributed by atoms with Crippen LogP contribution in [0.25, 0.3) is 0 Å². The zero-order valence-corrected chi connectivity index (χ0v) is 9.30. The molecule has 0 aromatic carbocycles. The number of aryl methyl sites for hydroxylation is 1. The van der Waals surface area contributed by atoms with Crippen LogP contribution in [0.4, 0.5) is 0 Å². The first-order valence-electron chi connectivity index (χ1n) is 4.34. The number of thioether (sulfide) groups is 1. The second-order valence-corrected chi connectivity index (χ2v) is 4.02. The van der Waals surface area contributed by atoms with Crippen LogP contribution in [0.1, 0.15) is 25.2 Å². The van der Waals surface area contributed by atoms with Crippen LogP contribution in [-0.2, 0) is 0 Å². The quantitative estimate of drug-likeness (QED) is 0.360. The molecule has 76 valence electrons. The average Bonchev–Trinajstić information content (AvgIpc) is 2.20. The van der Waals surface area contributed by atoms with E-state index in [1.807, 2.05) is 6.92 Å². The largest absolute Gasteiger partial charge is 0.411 e. The third kappa shape index (κ3) is 2.45. The highest BCUT2D eigenvalue weighted by molar-refractivity contribution is 7.99. The zero-order chi connectivity index (χ0) is 10.6. The molecule has 0 spiro atoms. The van der Waals surface area contributed by atoms with Gasteiger partial charge in [0, 0.05) is 0 Å². The van der Waals surface area contributed by atoms with E-state index in [1.165, 1.54) is 0 Å². The van der Waals surface area contributed by atoms with Gasteiger partial charge in [0.05, 0.1) is 11.9 Å². The molecule has 0 saturated carbocycles. The summed E-state index contributed by atoms with van der Waals surface area (Å²) < 4.78 is 0.